The van der Waals surface area contributed by atoms with E-state index in [1.54, 1.807) is 56.5 Å². The fourth-order valence-corrected chi connectivity index (χ4v) is 9.76. The summed E-state index contributed by atoms with van der Waals surface area (Å²) in [4.78, 5) is 92.3. The Morgan fingerprint density at radius 3 is 2.15 bits per heavy atom. The first-order valence-electron chi connectivity index (χ1n) is 23.2. The molecular weight excluding hydrogens is 955 g/mol. The highest BCUT2D eigenvalue weighted by Crippen LogP contribution is 2.46. The van der Waals surface area contributed by atoms with Gasteiger partial charge in [0.15, 0.2) is 17.8 Å². The first kappa shape index (κ1) is 54.4. The maximum absolute atomic E-state index is 14.7. The number of carbonyl (C=O) groups excluding carboxylic acids is 6. The molecule has 0 aliphatic carbocycles. The second-order valence-corrected chi connectivity index (χ2v) is 19.7. The number of amides is 1. The molecule has 3 aliphatic rings. The van der Waals surface area contributed by atoms with Crippen molar-refractivity contribution in [1.82, 2.24) is 20.0 Å². The fourth-order valence-electron chi connectivity index (χ4n) is 8.43. The van der Waals surface area contributed by atoms with Crippen molar-refractivity contribution in [2.75, 3.05) is 26.3 Å². The Morgan fingerprint density at radius 1 is 0.859 bits per heavy atom. The summed E-state index contributed by atoms with van der Waals surface area (Å²) in [5.74, 6) is -4.13. The van der Waals surface area contributed by atoms with Gasteiger partial charge in [-0.3, -0.25) is 28.5 Å². The molecule has 1 saturated heterocycles. The van der Waals surface area contributed by atoms with E-state index in [0.29, 0.717) is 54.5 Å². The predicted molar refractivity (Wildman–Crippen MR) is 247 cm³/mol. The largest absolute Gasteiger partial charge is 0.458 e. The average Bonchev–Trinajstić information content (AvgIpc) is 3.64. The SMILES string of the molecule is CCc1c2c(nc3ccc(OP(=O)(NCCO[C@H]4O[C@@H](OC(C)=O)[C@H](OC(C)=O)[C@@H](OC(C)=O)[C@@H]4OC(C)=O)OCCCCCNC(=O)OC(C)(C)C)cc13)-c1cc3c(c(=O)n1C2)COC(=O)[C@]3(O)CC. The van der Waals surface area contributed by atoms with Crippen molar-refractivity contribution in [2.45, 2.75) is 150 Å². The Kier molecular flexibility index (Phi) is 17.3. The highest BCUT2D eigenvalue weighted by Gasteiger charge is 2.54. The lowest BCUT2D eigenvalue weighted by Crippen LogP contribution is -2.62. The van der Waals surface area contributed by atoms with E-state index in [9.17, 15) is 43.2 Å². The highest BCUT2D eigenvalue weighted by atomic mass is 31.2. The van der Waals surface area contributed by atoms with Crippen molar-refractivity contribution in [1.29, 1.82) is 0 Å². The minimum atomic E-state index is -4.31. The van der Waals surface area contributed by atoms with Crippen LogP contribution in [0.25, 0.3) is 22.3 Å². The van der Waals surface area contributed by atoms with Crippen LogP contribution in [0.5, 0.6) is 5.75 Å². The van der Waals surface area contributed by atoms with Gasteiger partial charge in [0.1, 0.15) is 18.0 Å². The lowest BCUT2D eigenvalue weighted by molar-refractivity contribution is -0.344. The minimum absolute atomic E-state index is 0.00742. The molecule has 1 amide bonds. The Labute approximate surface area is 409 Å². The standard InChI is InChI=1S/C47H61N4O19P/c1-10-30-31-21-29(15-16-35(31)50-37-32(30)23-51-36(37)22-34-33(41(51)56)24-62-44(57)47(34,59)11-2)70-71(60,63-19-14-12-13-17-48-45(58)69-46(7,8)9)49-18-20-61-42-39(65-26(4)53)38(64-25(3)52)40(66-27(5)54)43(68-42)67-28(6)55/h15-16,21-22,38-40,42-43,59H,10-14,17-20,23-24H2,1-9H3,(H,48,58)(H,49,60)/t38-,39-,40+,42-,43+,47-,71?/m0/s1. The zero-order valence-corrected chi connectivity index (χ0v) is 42.0. The van der Waals surface area contributed by atoms with E-state index >= 15 is 0 Å². The number of alkyl carbamates (subject to hydrolysis) is 1. The number of pyridine rings is 2. The average molecular weight is 1020 g/mol. The van der Waals surface area contributed by atoms with Crippen LogP contribution in [0.3, 0.4) is 0 Å². The number of aryl methyl sites for hydroxylation is 1. The van der Waals surface area contributed by atoms with Gasteiger partial charge in [-0.15, -0.1) is 0 Å². The summed E-state index contributed by atoms with van der Waals surface area (Å²) in [5, 5.41) is 17.4. The molecule has 3 N–H and O–H groups in total. The predicted octanol–water partition coefficient (Wildman–Crippen LogP) is 4.49. The molecule has 1 fully saturated rings. The fraction of sp³-hybridized carbons (Fsp3) is 0.574. The summed E-state index contributed by atoms with van der Waals surface area (Å²) < 4.78 is 71.9. The third-order valence-corrected chi connectivity index (χ3v) is 13.0. The molecule has 71 heavy (non-hydrogen) atoms. The molecule has 0 bridgehead atoms. The lowest BCUT2D eigenvalue weighted by atomic mass is 9.86. The molecule has 0 spiro atoms. The Bertz CT molecular complexity index is 2650. The Hall–Kier alpha value is -5.97. The number of nitrogens with zero attached hydrogens (tertiary/aromatic N) is 2. The molecular formula is C47H61N4O19P. The molecule has 388 valence electrons. The summed E-state index contributed by atoms with van der Waals surface area (Å²) in [5.41, 5.74) is 0.338. The molecule has 0 radical (unpaired) electrons. The van der Waals surface area contributed by atoms with Crippen LogP contribution in [0, 0.1) is 0 Å². The number of hydrogen-bond acceptors (Lipinski definition) is 20. The summed E-state index contributed by atoms with van der Waals surface area (Å²) >= 11 is 0. The van der Waals surface area contributed by atoms with Crippen LogP contribution in [0.15, 0.2) is 29.1 Å². The van der Waals surface area contributed by atoms with Crippen LogP contribution in [-0.4, -0.2) is 113 Å². The molecule has 5 heterocycles. The zero-order chi connectivity index (χ0) is 52.0. The number of rotatable bonds is 20. The number of aliphatic hydroxyl groups is 1. The van der Waals surface area contributed by atoms with Crippen molar-refractivity contribution in [3.05, 3.63) is 56.9 Å². The van der Waals surface area contributed by atoms with Gasteiger partial charge >= 0.3 is 43.7 Å². The molecule has 24 heteroatoms. The first-order chi connectivity index (χ1) is 33.5. The summed E-state index contributed by atoms with van der Waals surface area (Å²) in [6, 6.07) is 6.49. The van der Waals surface area contributed by atoms with Crippen molar-refractivity contribution in [2.24, 2.45) is 0 Å². The topological polar surface area (TPSA) is 291 Å². The Morgan fingerprint density at radius 2 is 1.52 bits per heavy atom. The molecule has 2 aromatic heterocycles. The number of ether oxygens (including phenoxy) is 8. The van der Waals surface area contributed by atoms with E-state index in [-0.39, 0.29) is 56.2 Å². The number of unbranched alkanes of at least 4 members (excludes halogenated alkanes) is 2. The minimum Gasteiger partial charge on any atom is -0.458 e. The van der Waals surface area contributed by atoms with E-state index in [1.807, 2.05) is 6.92 Å². The molecule has 3 aromatic rings. The maximum Gasteiger partial charge on any atom is 0.458 e. The summed E-state index contributed by atoms with van der Waals surface area (Å²) in [6.45, 7) is 12.6. The van der Waals surface area contributed by atoms with Crippen LogP contribution in [0.2, 0.25) is 0 Å². The highest BCUT2D eigenvalue weighted by molar-refractivity contribution is 7.52. The summed E-state index contributed by atoms with van der Waals surface area (Å²) in [6.07, 6.45) is -6.54. The van der Waals surface area contributed by atoms with Crippen LogP contribution >= 0.6 is 7.75 Å². The molecule has 7 atom stereocenters. The van der Waals surface area contributed by atoms with Crippen molar-refractivity contribution < 1.29 is 85.4 Å². The number of hydrogen-bond donors (Lipinski definition) is 3. The normalized spacial score (nSPS) is 22.2. The van der Waals surface area contributed by atoms with Crippen LogP contribution in [0.1, 0.15) is 110 Å². The molecule has 1 unspecified atom stereocenters. The zero-order valence-electron chi connectivity index (χ0n) is 41.1. The number of benzene rings is 1. The molecule has 23 nitrogen and oxygen atoms in total. The van der Waals surface area contributed by atoms with E-state index < -0.39 is 91.3 Å². The van der Waals surface area contributed by atoms with Crippen molar-refractivity contribution in [3.8, 4) is 17.1 Å². The van der Waals surface area contributed by atoms with E-state index in [0.717, 1.165) is 38.8 Å². The Balaban J connectivity index is 1.24. The van der Waals surface area contributed by atoms with Gasteiger partial charge in [-0.25, -0.2) is 24.2 Å². The quantitative estimate of drug-likeness (QED) is 0.0476. The van der Waals surface area contributed by atoms with E-state index in [4.69, 9.17) is 51.9 Å². The van der Waals surface area contributed by atoms with Gasteiger partial charge in [0.25, 0.3) is 5.56 Å². The molecule has 1 aromatic carbocycles. The first-order valence-corrected chi connectivity index (χ1v) is 24.8. The van der Waals surface area contributed by atoms with Crippen molar-refractivity contribution >= 4 is 54.6 Å². The van der Waals surface area contributed by atoms with Crippen LogP contribution in [0.4, 0.5) is 4.79 Å². The third-order valence-electron chi connectivity index (χ3n) is 11.4. The number of esters is 5. The molecule has 0 saturated carbocycles. The van der Waals surface area contributed by atoms with Gasteiger partial charge in [0.05, 0.1) is 42.2 Å². The van der Waals surface area contributed by atoms with Crippen LogP contribution < -0.4 is 20.5 Å². The molecule has 3 aliphatic heterocycles. The van der Waals surface area contributed by atoms with E-state index in [2.05, 4.69) is 10.4 Å². The van der Waals surface area contributed by atoms with Gasteiger partial charge < -0.3 is 57.4 Å². The smallest absolute Gasteiger partial charge is 0.458 e. The number of aromatic nitrogens is 2. The molecule has 6 rings (SSSR count). The summed E-state index contributed by atoms with van der Waals surface area (Å²) in [7, 11) is -4.31. The lowest BCUT2D eigenvalue weighted by Gasteiger charge is -2.43. The number of cyclic esters (lactones) is 1. The van der Waals surface area contributed by atoms with Gasteiger partial charge in [-0.1, -0.05) is 13.8 Å². The third kappa shape index (κ3) is 12.9. The maximum atomic E-state index is 14.7. The van der Waals surface area contributed by atoms with Gasteiger partial charge in [-0.05, 0) is 82.7 Å². The monoisotopic (exact) mass is 1020 g/mol. The number of carbonyl (C=O) groups is 6. The van der Waals surface area contributed by atoms with Crippen molar-refractivity contribution in [3.63, 3.8) is 0 Å². The van der Waals surface area contributed by atoms with Crippen LogP contribution in [-0.2, 0) is 96.1 Å². The second kappa shape index (κ2) is 22.6. The number of fused-ring (bicyclic) bond motifs is 5. The van der Waals surface area contributed by atoms with E-state index in [1.165, 1.54) is 0 Å². The van der Waals surface area contributed by atoms with Gasteiger partial charge in [0, 0.05) is 57.3 Å². The number of nitrogens with one attached hydrogen (secondary N) is 2. The second-order valence-electron chi connectivity index (χ2n) is 17.9. The van der Waals surface area contributed by atoms with Gasteiger partial charge in [0.2, 0.25) is 18.7 Å². The van der Waals surface area contributed by atoms with Gasteiger partial charge in [-0.2, -0.15) is 0 Å².